The Balaban J connectivity index is 2.10. The number of carbonyl (C=O) groups excluding carboxylic acids is 1. The molecule has 21 heavy (non-hydrogen) atoms. The molecule has 1 fully saturated rings. The van der Waals surface area contributed by atoms with E-state index in [1.807, 2.05) is 26.0 Å². The van der Waals surface area contributed by atoms with Crippen LogP contribution in [0.4, 0.5) is 0 Å². The smallest absolute Gasteiger partial charge is 0.170 e. The van der Waals surface area contributed by atoms with Crippen LogP contribution < -0.4 is 0 Å². The molecule has 0 aliphatic heterocycles. The van der Waals surface area contributed by atoms with Gasteiger partial charge in [0.25, 0.3) is 0 Å². The number of Topliss-reactive ketones (excluding diaryl/α,β-unsaturated/α-hetero) is 1. The van der Waals surface area contributed by atoms with Crippen molar-refractivity contribution in [2.45, 2.75) is 40.0 Å². The Morgan fingerprint density at radius 2 is 1.76 bits per heavy atom. The molecule has 0 heterocycles. The fourth-order valence-corrected chi connectivity index (χ4v) is 4.38. The van der Waals surface area contributed by atoms with Crippen molar-refractivity contribution >= 4 is 23.0 Å². The van der Waals surface area contributed by atoms with E-state index in [1.165, 1.54) is 0 Å². The SMILES string of the molecule is Cc1cc(Cl)cc(C)c1C1=C(O)C2CCC(C)CC2C1=O. The zero-order chi connectivity index (χ0) is 15.3. The monoisotopic (exact) mass is 304 g/mol. The van der Waals surface area contributed by atoms with Gasteiger partial charge in [-0.3, -0.25) is 4.79 Å². The van der Waals surface area contributed by atoms with Gasteiger partial charge in [0.1, 0.15) is 5.76 Å². The number of hydrogen-bond donors (Lipinski definition) is 1. The summed E-state index contributed by atoms with van der Waals surface area (Å²) in [6.07, 6.45) is 2.89. The van der Waals surface area contributed by atoms with Crippen LogP contribution in [-0.4, -0.2) is 10.9 Å². The highest BCUT2D eigenvalue weighted by Crippen LogP contribution is 2.48. The van der Waals surface area contributed by atoms with Gasteiger partial charge in [-0.1, -0.05) is 18.5 Å². The minimum Gasteiger partial charge on any atom is -0.511 e. The number of allylic oxidation sites excluding steroid dienone is 2. The van der Waals surface area contributed by atoms with Crippen LogP contribution in [-0.2, 0) is 4.79 Å². The number of carbonyl (C=O) groups is 1. The first-order valence-corrected chi connectivity index (χ1v) is 8.02. The van der Waals surface area contributed by atoms with E-state index in [4.69, 9.17) is 11.6 Å². The number of hydrogen-bond acceptors (Lipinski definition) is 2. The summed E-state index contributed by atoms with van der Waals surface area (Å²) in [7, 11) is 0. The summed E-state index contributed by atoms with van der Waals surface area (Å²) < 4.78 is 0. The highest BCUT2D eigenvalue weighted by Gasteiger charge is 2.45. The Morgan fingerprint density at radius 3 is 2.38 bits per heavy atom. The van der Waals surface area contributed by atoms with Crippen LogP contribution in [0.25, 0.3) is 5.57 Å². The maximum Gasteiger partial charge on any atom is 0.170 e. The van der Waals surface area contributed by atoms with Gasteiger partial charge in [0.15, 0.2) is 5.78 Å². The Kier molecular flexibility index (Phi) is 3.61. The molecule has 0 radical (unpaired) electrons. The molecule has 0 spiro atoms. The molecule has 1 saturated carbocycles. The van der Waals surface area contributed by atoms with Crippen LogP contribution in [0, 0.1) is 31.6 Å². The molecule has 0 aromatic heterocycles. The molecule has 0 bridgehead atoms. The van der Waals surface area contributed by atoms with Gasteiger partial charge in [0.05, 0.1) is 5.57 Å². The van der Waals surface area contributed by atoms with E-state index in [2.05, 4.69) is 6.92 Å². The molecular weight excluding hydrogens is 284 g/mol. The van der Waals surface area contributed by atoms with E-state index >= 15 is 0 Å². The van der Waals surface area contributed by atoms with Crippen molar-refractivity contribution in [1.82, 2.24) is 0 Å². The zero-order valence-electron chi connectivity index (χ0n) is 12.7. The second-order valence-corrected chi connectivity index (χ2v) is 7.11. The van der Waals surface area contributed by atoms with E-state index in [9.17, 15) is 9.90 Å². The molecule has 3 rings (SSSR count). The molecule has 0 amide bonds. The van der Waals surface area contributed by atoms with Gasteiger partial charge >= 0.3 is 0 Å². The van der Waals surface area contributed by atoms with Crippen molar-refractivity contribution in [1.29, 1.82) is 0 Å². The second-order valence-electron chi connectivity index (χ2n) is 6.67. The van der Waals surface area contributed by atoms with Gasteiger partial charge in [-0.05, 0) is 67.9 Å². The summed E-state index contributed by atoms with van der Waals surface area (Å²) in [5.74, 6) is 0.995. The van der Waals surface area contributed by atoms with Crippen molar-refractivity contribution in [2.24, 2.45) is 17.8 Å². The number of aliphatic hydroxyl groups excluding tert-OH is 1. The maximum atomic E-state index is 12.8. The lowest BCUT2D eigenvalue weighted by Crippen LogP contribution is -2.25. The minimum absolute atomic E-state index is 0.0261. The van der Waals surface area contributed by atoms with Crippen LogP contribution >= 0.6 is 11.6 Å². The summed E-state index contributed by atoms with van der Waals surface area (Å²) in [5.41, 5.74) is 3.35. The fourth-order valence-electron chi connectivity index (χ4n) is 4.05. The third kappa shape index (κ3) is 2.30. The van der Waals surface area contributed by atoms with Gasteiger partial charge in [-0.2, -0.15) is 0 Å². The molecule has 2 aliphatic carbocycles. The van der Waals surface area contributed by atoms with Gasteiger partial charge in [-0.15, -0.1) is 0 Å². The summed E-state index contributed by atoms with van der Waals surface area (Å²) in [6, 6.07) is 3.73. The molecule has 3 atom stereocenters. The first kappa shape index (κ1) is 14.6. The van der Waals surface area contributed by atoms with Crippen molar-refractivity contribution in [3.05, 3.63) is 39.6 Å². The number of aryl methyl sites for hydroxylation is 2. The average molecular weight is 305 g/mol. The first-order valence-electron chi connectivity index (χ1n) is 7.64. The van der Waals surface area contributed by atoms with E-state index in [0.717, 1.165) is 36.0 Å². The molecule has 3 heteroatoms. The Bertz CT molecular complexity index is 622. The first-order chi connectivity index (χ1) is 9.90. The molecule has 2 aliphatic rings. The van der Waals surface area contributed by atoms with Gasteiger partial charge in [0, 0.05) is 16.9 Å². The van der Waals surface area contributed by atoms with Crippen LogP contribution in [0.15, 0.2) is 17.9 Å². The number of fused-ring (bicyclic) bond motifs is 1. The van der Waals surface area contributed by atoms with Gasteiger partial charge < -0.3 is 5.11 Å². The molecule has 3 unspecified atom stereocenters. The summed E-state index contributed by atoms with van der Waals surface area (Å²) in [4.78, 5) is 12.8. The predicted octanol–water partition coefficient (Wildman–Crippen LogP) is 4.86. The predicted molar refractivity (Wildman–Crippen MR) is 85.5 cm³/mol. The molecule has 1 N–H and O–H groups in total. The van der Waals surface area contributed by atoms with Crippen molar-refractivity contribution in [2.75, 3.05) is 0 Å². The van der Waals surface area contributed by atoms with Crippen LogP contribution in [0.1, 0.15) is 42.9 Å². The molecule has 1 aromatic rings. The van der Waals surface area contributed by atoms with Crippen molar-refractivity contribution in [3.8, 4) is 0 Å². The van der Waals surface area contributed by atoms with Gasteiger partial charge in [0.2, 0.25) is 0 Å². The molecule has 0 saturated heterocycles. The highest BCUT2D eigenvalue weighted by molar-refractivity contribution is 6.31. The second kappa shape index (κ2) is 5.17. The van der Waals surface area contributed by atoms with E-state index < -0.39 is 0 Å². The lowest BCUT2D eigenvalue weighted by atomic mass is 9.75. The molecule has 112 valence electrons. The third-order valence-electron chi connectivity index (χ3n) is 5.05. The quantitative estimate of drug-likeness (QED) is 0.804. The molecule has 1 aromatic carbocycles. The normalized spacial score (nSPS) is 29.0. The molecule has 2 nitrogen and oxygen atoms in total. The van der Waals surface area contributed by atoms with Crippen LogP contribution in [0.3, 0.4) is 0 Å². The van der Waals surface area contributed by atoms with Crippen molar-refractivity contribution in [3.63, 3.8) is 0 Å². The highest BCUT2D eigenvalue weighted by atomic mass is 35.5. The van der Waals surface area contributed by atoms with Crippen LogP contribution in [0.2, 0.25) is 5.02 Å². The standard InChI is InChI=1S/C18H21ClO2/c1-9-4-5-13-14(6-9)18(21)16(17(13)20)15-10(2)7-12(19)8-11(15)3/h7-9,13-14,20H,4-6H2,1-3H3. The van der Waals surface area contributed by atoms with E-state index in [1.54, 1.807) is 0 Å². The average Bonchev–Trinajstić information content (AvgIpc) is 2.62. The minimum atomic E-state index is -0.0294. The lowest BCUT2D eigenvalue weighted by molar-refractivity contribution is -0.118. The van der Waals surface area contributed by atoms with Crippen LogP contribution in [0.5, 0.6) is 0 Å². The van der Waals surface area contributed by atoms with E-state index in [-0.39, 0.29) is 17.6 Å². The maximum absolute atomic E-state index is 12.8. The zero-order valence-corrected chi connectivity index (χ0v) is 13.5. The number of benzene rings is 1. The number of ketones is 1. The molecular formula is C18H21ClO2. The number of halogens is 1. The topological polar surface area (TPSA) is 37.3 Å². The summed E-state index contributed by atoms with van der Waals surface area (Å²) >= 11 is 6.08. The lowest BCUT2D eigenvalue weighted by Gasteiger charge is -2.28. The van der Waals surface area contributed by atoms with Crippen molar-refractivity contribution < 1.29 is 9.90 Å². The van der Waals surface area contributed by atoms with Gasteiger partial charge in [-0.25, -0.2) is 0 Å². The summed E-state index contributed by atoms with van der Waals surface area (Å²) in [6.45, 7) is 6.09. The largest absolute Gasteiger partial charge is 0.511 e. The Hall–Kier alpha value is -1.28. The number of aliphatic hydroxyl groups is 1. The fraction of sp³-hybridized carbons (Fsp3) is 0.500. The third-order valence-corrected chi connectivity index (χ3v) is 5.27. The summed E-state index contributed by atoms with van der Waals surface area (Å²) in [5, 5.41) is 11.3. The Labute approximate surface area is 130 Å². The van der Waals surface area contributed by atoms with E-state index in [0.29, 0.717) is 22.3 Å². The number of rotatable bonds is 1. The Morgan fingerprint density at radius 1 is 1.14 bits per heavy atom.